The number of hydrogen-bond acceptors (Lipinski definition) is 7. The Hall–Kier alpha value is -2.93. The first-order valence-electron chi connectivity index (χ1n) is 10.4. The van der Waals surface area contributed by atoms with Crippen LogP contribution in [0.4, 0.5) is 15.6 Å². The Kier molecular flexibility index (Phi) is 7.97. The molecule has 0 unspecified atom stereocenters. The Labute approximate surface area is 215 Å². The SMILES string of the molecule is CCOC(=O)c1c(NC(=O)OC(C)(C)C)cc(I)n1-c1ccc(-c2csc(NC(C)=O)n2)cc1. The van der Waals surface area contributed by atoms with Crippen molar-refractivity contribution in [3.63, 3.8) is 0 Å². The third kappa shape index (κ3) is 6.35. The fraction of sp³-hybridized carbons (Fsp3) is 0.304. The molecule has 34 heavy (non-hydrogen) atoms. The van der Waals surface area contributed by atoms with E-state index in [0.717, 1.165) is 11.3 Å². The molecule has 0 spiro atoms. The molecule has 2 N–H and O–H groups in total. The van der Waals surface area contributed by atoms with Gasteiger partial charge >= 0.3 is 12.1 Å². The van der Waals surface area contributed by atoms with Crippen molar-refractivity contribution in [3.05, 3.63) is 45.1 Å². The van der Waals surface area contributed by atoms with Crippen LogP contribution in [0.5, 0.6) is 0 Å². The molecule has 0 fully saturated rings. The minimum absolute atomic E-state index is 0.180. The molecule has 2 amide bonds. The van der Waals surface area contributed by atoms with E-state index in [1.54, 1.807) is 38.3 Å². The van der Waals surface area contributed by atoms with E-state index in [0.29, 0.717) is 20.2 Å². The number of anilines is 2. The Bertz CT molecular complexity index is 1210. The number of thiazole rings is 1. The number of amides is 2. The number of benzene rings is 1. The van der Waals surface area contributed by atoms with E-state index in [-0.39, 0.29) is 18.2 Å². The maximum atomic E-state index is 12.8. The lowest BCUT2D eigenvalue weighted by molar-refractivity contribution is -0.114. The molecule has 0 saturated heterocycles. The van der Waals surface area contributed by atoms with Gasteiger partial charge in [-0.2, -0.15) is 0 Å². The predicted octanol–water partition coefficient (Wildman–Crippen LogP) is 5.69. The van der Waals surface area contributed by atoms with Crippen LogP contribution in [0.2, 0.25) is 0 Å². The zero-order valence-electron chi connectivity index (χ0n) is 19.4. The van der Waals surface area contributed by atoms with Crippen LogP contribution in [0, 0.1) is 3.70 Å². The summed E-state index contributed by atoms with van der Waals surface area (Å²) in [5.74, 6) is -0.749. The number of rotatable bonds is 6. The zero-order valence-corrected chi connectivity index (χ0v) is 22.4. The summed E-state index contributed by atoms with van der Waals surface area (Å²) in [5, 5.41) is 7.71. The van der Waals surface area contributed by atoms with E-state index in [4.69, 9.17) is 9.47 Å². The highest BCUT2D eigenvalue weighted by Crippen LogP contribution is 2.31. The lowest BCUT2D eigenvalue weighted by Gasteiger charge is -2.19. The summed E-state index contributed by atoms with van der Waals surface area (Å²) in [4.78, 5) is 40.9. The second kappa shape index (κ2) is 10.6. The molecule has 9 nitrogen and oxygen atoms in total. The summed E-state index contributed by atoms with van der Waals surface area (Å²) in [7, 11) is 0. The maximum absolute atomic E-state index is 12.8. The molecule has 0 aliphatic rings. The first kappa shape index (κ1) is 25.7. The molecule has 1 aromatic carbocycles. The Morgan fingerprint density at radius 3 is 2.41 bits per heavy atom. The number of hydrogen-bond donors (Lipinski definition) is 2. The summed E-state index contributed by atoms with van der Waals surface area (Å²) in [6.07, 6.45) is -0.666. The highest BCUT2D eigenvalue weighted by Gasteiger charge is 2.26. The molecule has 0 bridgehead atoms. The first-order chi connectivity index (χ1) is 16.0. The molecule has 0 aliphatic heterocycles. The van der Waals surface area contributed by atoms with E-state index in [2.05, 4.69) is 38.2 Å². The summed E-state index contributed by atoms with van der Waals surface area (Å²) < 4.78 is 13.0. The molecule has 0 saturated carbocycles. The molecular weight excluding hydrogens is 571 g/mol. The molecule has 180 valence electrons. The Morgan fingerprint density at radius 2 is 1.82 bits per heavy atom. The van der Waals surface area contributed by atoms with E-state index >= 15 is 0 Å². The molecule has 3 rings (SSSR count). The van der Waals surface area contributed by atoms with Crippen LogP contribution in [0.25, 0.3) is 16.9 Å². The molecule has 11 heteroatoms. The van der Waals surface area contributed by atoms with Crippen LogP contribution < -0.4 is 10.6 Å². The fourth-order valence-corrected chi connectivity index (χ4v) is 4.63. The van der Waals surface area contributed by atoms with Crippen molar-refractivity contribution in [2.24, 2.45) is 0 Å². The van der Waals surface area contributed by atoms with Gasteiger partial charge in [-0.3, -0.25) is 14.7 Å². The minimum Gasteiger partial charge on any atom is -0.461 e. The van der Waals surface area contributed by atoms with Crippen molar-refractivity contribution >= 4 is 62.7 Å². The number of halogens is 1. The number of carbonyl (C=O) groups is 3. The Morgan fingerprint density at radius 1 is 1.15 bits per heavy atom. The molecule has 2 heterocycles. The molecule has 0 atom stereocenters. The van der Waals surface area contributed by atoms with Gasteiger partial charge in [0.25, 0.3) is 0 Å². The predicted molar refractivity (Wildman–Crippen MR) is 140 cm³/mol. The second-order valence-electron chi connectivity index (χ2n) is 8.18. The number of carbonyl (C=O) groups excluding carboxylic acids is 3. The van der Waals surface area contributed by atoms with E-state index in [1.807, 2.05) is 29.6 Å². The smallest absolute Gasteiger partial charge is 0.412 e. The number of esters is 1. The van der Waals surface area contributed by atoms with Crippen molar-refractivity contribution in [3.8, 4) is 16.9 Å². The fourth-order valence-electron chi connectivity index (χ4n) is 3.04. The van der Waals surface area contributed by atoms with Crippen LogP contribution in [-0.2, 0) is 14.3 Å². The Balaban J connectivity index is 1.95. The number of nitrogens with one attached hydrogen (secondary N) is 2. The lowest BCUT2D eigenvalue weighted by Crippen LogP contribution is -2.27. The van der Waals surface area contributed by atoms with Crippen molar-refractivity contribution < 1.29 is 23.9 Å². The van der Waals surface area contributed by atoms with Crippen LogP contribution in [0.15, 0.2) is 35.7 Å². The summed E-state index contributed by atoms with van der Waals surface area (Å²) in [6.45, 7) is 8.62. The lowest BCUT2D eigenvalue weighted by atomic mass is 10.1. The molecular formula is C23H25IN4O5S. The third-order valence-corrected chi connectivity index (χ3v) is 5.82. The highest BCUT2D eigenvalue weighted by molar-refractivity contribution is 14.1. The quantitative estimate of drug-likeness (QED) is 0.280. The average molecular weight is 596 g/mol. The van der Waals surface area contributed by atoms with Crippen molar-refractivity contribution in [2.75, 3.05) is 17.2 Å². The largest absolute Gasteiger partial charge is 0.461 e. The number of nitrogens with zero attached hydrogens (tertiary/aromatic N) is 2. The molecule has 0 radical (unpaired) electrons. The van der Waals surface area contributed by atoms with Gasteiger partial charge in [0.2, 0.25) is 5.91 Å². The van der Waals surface area contributed by atoms with Gasteiger partial charge in [-0.25, -0.2) is 14.6 Å². The molecule has 0 aliphatic carbocycles. The van der Waals surface area contributed by atoms with Crippen molar-refractivity contribution in [2.45, 2.75) is 40.2 Å². The topological polar surface area (TPSA) is 112 Å². The van der Waals surface area contributed by atoms with Gasteiger partial charge in [-0.1, -0.05) is 12.1 Å². The van der Waals surface area contributed by atoms with Gasteiger partial charge in [-0.05, 0) is 68.5 Å². The van der Waals surface area contributed by atoms with Gasteiger partial charge in [0.1, 0.15) is 5.60 Å². The summed E-state index contributed by atoms with van der Waals surface area (Å²) in [5.41, 5.74) is 2.07. The van der Waals surface area contributed by atoms with Gasteiger partial charge < -0.3 is 14.8 Å². The normalized spacial score (nSPS) is 11.1. The van der Waals surface area contributed by atoms with Crippen LogP contribution in [-0.4, -0.2) is 39.7 Å². The molecule has 3 aromatic rings. The zero-order chi connectivity index (χ0) is 25.0. The van der Waals surface area contributed by atoms with Crippen LogP contribution in [0.3, 0.4) is 0 Å². The van der Waals surface area contributed by atoms with E-state index in [1.165, 1.54) is 18.3 Å². The maximum Gasteiger partial charge on any atom is 0.412 e. The van der Waals surface area contributed by atoms with Crippen molar-refractivity contribution in [1.29, 1.82) is 0 Å². The minimum atomic E-state index is -0.685. The van der Waals surface area contributed by atoms with E-state index in [9.17, 15) is 14.4 Å². The third-order valence-electron chi connectivity index (χ3n) is 4.27. The highest BCUT2D eigenvalue weighted by atomic mass is 127. The van der Waals surface area contributed by atoms with Crippen LogP contribution in [0.1, 0.15) is 45.1 Å². The van der Waals surface area contributed by atoms with Gasteiger partial charge in [-0.15, -0.1) is 11.3 Å². The van der Waals surface area contributed by atoms with Gasteiger partial charge in [0.15, 0.2) is 10.8 Å². The number of ether oxygens (including phenoxy) is 2. The summed E-state index contributed by atoms with van der Waals surface area (Å²) >= 11 is 3.43. The number of aromatic nitrogens is 2. The van der Waals surface area contributed by atoms with Gasteiger partial charge in [0.05, 0.1) is 21.7 Å². The standard InChI is InChI=1S/C23H25IN4O5S/c1-6-32-20(30)19-16(27-22(31)33-23(3,4)5)11-18(24)28(19)15-9-7-14(8-10-15)17-12-34-21(26-17)25-13(2)29/h7-12H,6H2,1-5H3,(H,27,31)(H,25,26,29). The van der Waals surface area contributed by atoms with Crippen molar-refractivity contribution in [1.82, 2.24) is 9.55 Å². The van der Waals surface area contributed by atoms with Gasteiger partial charge in [0, 0.05) is 23.6 Å². The first-order valence-corrected chi connectivity index (χ1v) is 12.4. The monoisotopic (exact) mass is 596 g/mol. The summed E-state index contributed by atoms with van der Waals surface area (Å²) in [6, 6.07) is 9.11. The molecule has 2 aromatic heterocycles. The second-order valence-corrected chi connectivity index (χ2v) is 10.1. The van der Waals surface area contributed by atoms with Crippen LogP contribution >= 0.6 is 33.9 Å². The van der Waals surface area contributed by atoms with E-state index < -0.39 is 17.7 Å². The average Bonchev–Trinajstić information content (AvgIpc) is 3.30.